The molecular weight excluding hydrogens is 166 g/mol. The average Bonchev–Trinajstić information content (AvgIpc) is 2.12. The highest BCUT2D eigenvalue weighted by Crippen LogP contribution is 1.93. The van der Waals surface area contributed by atoms with E-state index in [0.29, 0.717) is 5.73 Å². The molecule has 0 amide bonds. The van der Waals surface area contributed by atoms with E-state index in [4.69, 9.17) is 4.74 Å². The maximum atomic E-state index is 5.58. The first-order valence-electron chi connectivity index (χ1n) is 4.87. The second kappa shape index (κ2) is 7.77. The van der Waals surface area contributed by atoms with Crippen LogP contribution in [0.1, 0.15) is 20.3 Å². The van der Waals surface area contributed by atoms with Crippen LogP contribution in [0.25, 0.3) is 0 Å². The molecule has 1 unspecified atom stereocenters. The van der Waals surface area contributed by atoms with Gasteiger partial charge in [0.15, 0.2) is 0 Å². The van der Waals surface area contributed by atoms with Crippen molar-refractivity contribution in [3.8, 4) is 0 Å². The smallest absolute Gasteiger partial charge is 0.0592 e. The predicted octanol–water partition coefficient (Wildman–Crippen LogP) is 0.260. The number of hydrogen-bond acceptors (Lipinski definition) is 2. The highest BCUT2D eigenvalue weighted by Gasteiger charge is 2.00. The Morgan fingerprint density at radius 3 is 2.42 bits per heavy atom. The third-order valence-corrected chi connectivity index (χ3v) is 3.02. The van der Waals surface area contributed by atoms with Crippen molar-refractivity contribution in [3.63, 3.8) is 0 Å². The molecular formula is C9H22NOSi. The molecule has 0 saturated heterocycles. The lowest BCUT2D eigenvalue weighted by molar-refractivity contribution is 0.0860. The van der Waals surface area contributed by atoms with Crippen LogP contribution in [0.5, 0.6) is 0 Å². The molecule has 0 heterocycles. The van der Waals surface area contributed by atoms with Gasteiger partial charge in [0.25, 0.3) is 0 Å². The van der Waals surface area contributed by atoms with Crippen molar-refractivity contribution in [3.05, 3.63) is 6.92 Å². The minimum Gasteiger partial charge on any atom is -0.381 e. The maximum absolute atomic E-state index is 5.58. The Labute approximate surface area is 79.7 Å². The summed E-state index contributed by atoms with van der Waals surface area (Å²) in [5.74, 6) is 0. The van der Waals surface area contributed by atoms with Gasteiger partial charge in [0.1, 0.15) is 0 Å². The molecule has 0 aliphatic rings. The Morgan fingerprint density at radius 1 is 1.42 bits per heavy atom. The molecule has 0 aliphatic carbocycles. The summed E-state index contributed by atoms with van der Waals surface area (Å²) in [6.07, 6.45) is 0.921. The van der Waals surface area contributed by atoms with Gasteiger partial charge in [0.2, 0.25) is 0 Å². The van der Waals surface area contributed by atoms with Crippen molar-refractivity contribution in [1.82, 2.24) is 4.90 Å². The molecule has 1 atom stereocenters. The average molecular weight is 188 g/mol. The number of rotatable bonds is 7. The molecule has 0 rings (SSSR count). The monoisotopic (exact) mass is 188 g/mol. The zero-order valence-corrected chi connectivity index (χ0v) is 10.7. The van der Waals surface area contributed by atoms with Gasteiger partial charge in [-0.1, -0.05) is 20.8 Å². The normalized spacial score (nSPS) is 14.0. The van der Waals surface area contributed by atoms with Crippen LogP contribution in [0, 0.1) is 6.92 Å². The molecule has 0 saturated carbocycles. The minimum atomic E-state index is 0.445. The Morgan fingerprint density at radius 2 is 2.00 bits per heavy atom. The number of likely N-dealkylation sites (N-methyl/N-ethyl adjacent to an activating group) is 1. The van der Waals surface area contributed by atoms with Crippen LogP contribution >= 0.6 is 0 Å². The molecule has 12 heavy (non-hydrogen) atoms. The summed E-state index contributed by atoms with van der Waals surface area (Å²) in [5.41, 5.74) is 0.445. The molecule has 3 heteroatoms. The van der Waals surface area contributed by atoms with Gasteiger partial charge in [-0.25, -0.2) is 0 Å². The maximum Gasteiger partial charge on any atom is 0.0592 e. The van der Waals surface area contributed by atoms with Crippen LogP contribution < -0.4 is 0 Å². The van der Waals surface area contributed by atoms with Crippen LogP contribution in [0.4, 0.5) is 0 Å². The lowest BCUT2D eigenvalue weighted by atomic mass is 10.5. The van der Waals surface area contributed by atoms with Crippen molar-refractivity contribution in [1.29, 1.82) is 0 Å². The first-order valence-corrected chi connectivity index (χ1v) is 6.03. The lowest BCUT2D eigenvalue weighted by Crippen LogP contribution is -2.28. The predicted molar refractivity (Wildman–Crippen MR) is 57.4 cm³/mol. The molecule has 0 aromatic rings. The van der Waals surface area contributed by atoms with Crippen molar-refractivity contribution in [2.75, 3.05) is 26.2 Å². The standard InChI is InChI=1S/C9H22NOSi/c1-4-9(12)11-8-7-10(5-2)6-3/h9H,1,4-8H2,2-3,12H3. The molecule has 0 aromatic heterocycles. The van der Waals surface area contributed by atoms with Crippen molar-refractivity contribution in [2.45, 2.75) is 26.0 Å². The Kier molecular flexibility index (Phi) is 7.86. The topological polar surface area (TPSA) is 12.5 Å². The van der Waals surface area contributed by atoms with Crippen LogP contribution in [-0.2, 0) is 4.74 Å². The SMILES string of the molecule is [CH2]CC([SiH3])OCCN(CC)CC. The molecule has 0 fully saturated rings. The van der Waals surface area contributed by atoms with Gasteiger partial charge in [-0.05, 0) is 19.5 Å². The van der Waals surface area contributed by atoms with Crippen molar-refractivity contribution >= 4 is 10.2 Å². The summed E-state index contributed by atoms with van der Waals surface area (Å²) in [7, 11) is 1.10. The summed E-state index contributed by atoms with van der Waals surface area (Å²) < 4.78 is 5.58. The largest absolute Gasteiger partial charge is 0.381 e. The van der Waals surface area contributed by atoms with Gasteiger partial charge in [0, 0.05) is 22.5 Å². The molecule has 73 valence electrons. The van der Waals surface area contributed by atoms with E-state index in [2.05, 4.69) is 25.7 Å². The second-order valence-corrected chi connectivity index (χ2v) is 4.28. The molecule has 0 spiro atoms. The molecule has 2 nitrogen and oxygen atoms in total. The molecule has 0 N–H and O–H groups in total. The van der Waals surface area contributed by atoms with E-state index in [0.717, 1.165) is 42.9 Å². The van der Waals surface area contributed by atoms with Crippen LogP contribution in [0.2, 0.25) is 0 Å². The van der Waals surface area contributed by atoms with Gasteiger partial charge in [0.05, 0.1) is 6.61 Å². The van der Waals surface area contributed by atoms with E-state index in [1.807, 2.05) is 0 Å². The van der Waals surface area contributed by atoms with E-state index < -0.39 is 0 Å². The van der Waals surface area contributed by atoms with E-state index in [1.54, 1.807) is 0 Å². The Hall–Kier alpha value is 0.137. The first-order chi connectivity index (χ1) is 5.74. The van der Waals surface area contributed by atoms with Gasteiger partial charge < -0.3 is 9.64 Å². The van der Waals surface area contributed by atoms with E-state index >= 15 is 0 Å². The van der Waals surface area contributed by atoms with Crippen molar-refractivity contribution < 1.29 is 4.74 Å². The third kappa shape index (κ3) is 5.74. The Bertz CT molecular complexity index is 96.5. The molecule has 1 radical (unpaired) electrons. The molecule has 0 aromatic carbocycles. The molecule has 0 bridgehead atoms. The van der Waals surface area contributed by atoms with E-state index in [-0.39, 0.29) is 0 Å². The van der Waals surface area contributed by atoms with E-state index in [9.17, 15) is 0 Å². The molecule has 0 aliphatic heterocycles. The van der Waals surface area contributed by atoms with Gasteiger partial charge >= 0.3 is 0 Å². The van der Waals surface area contributed by atoms with E-state index in [1.165, 1.54) is 0 Å². The second-order valence-electron chi connectivity index (χ2n) is 3.00. The fraction of sp³-hybridized carbons (Fsp3) is 0.889. The highest BCUT2D eigenvalue weighted by molar-refractivity contribution is 6.11. The van der Waals surface area contributed by atoms with Crippen LogP contribution in [-0.4, -0.2) is 47.1 Å². The zero-order chi connectivity index (χ0) is 9.40. The summed E-state index contributed by atoms with van der Waals surface area (Å²) in [5, 5.41) is 0. The fourth-order valence-corrected chi connectivity index (χ4v) is 1.24. The number of nitrogens with zero attached hydrogens (tertiary/aromatic N) is 1. The third-order valence-electron chi connectivity index (χ3n) is 2.11. The Balaban J connectivity index is 3.28. The summed E-state index contributed by atoms with van der Waals surface area (Å²) in [6, 6.07) is 0. The number of ether oxygens (including phenoxy) is 1. The quantitative estimate of drug-likeness (QED) is 0.532. The van der Waals surface area contributed by atoms with Crippen LogP contribution in [0.3, 0.4) is 0 Å². The number of hydrogen-bond donors (Lipinski definition) is 0. The van der Waals surface area contributed by atoms with Crippen molar-refractivity contribution in [2.24, 2.45) is 0 Å². The summed E-state index contributed by atoms with van der Waals surface area (Å²) in [6.45, 7) is 12.4. The van der Waals surface area contributed by atoms with Crippen LogP contribution in [0.15, 0.2) is 0 Å². The fourth-order valence-electron chi connectivity index (χ4n) is 1.01. The highest BCUT2D eigenvalue weighted by atomic mass is 28.1. The lowest BCUT2D eigenvalue weighted by Gasteiger charge is -2.19. The first kappa shape index (κ1) is 12.1. The summed E-state index contributed by atoms with van der Waals surface area (Å²) in [4.78, 5) is 2.37. The minimum absolute atomic E-state index is 0.445. The van der Waals surface area contributed by atoms with Gasteiger partial charge in [-0.3, -0.25) is 0 Å². The van der Waals surface area contributed by atoms with Gasteiger partial charge in [-0.15, -0.1) is 0 Å². The summed E-state index contributed by atoms with van der Waals surface area (Å²) >= 11 is 0. The zero-order valence-electron chi connectivity index (χ0n) is 8.68. The van der Waals surface area contributed by atoms with Gasteiger partial charge in [-0.2, -0.15) is 0 Å².